The van der Waals surface area contributed by atoms with E-state index in [4.69, 9.17) is 4.74 Å². The Morgan fingerprint density at radius 1 is 1.44 bits per heavy atom. The molecular formula is C11H15FN2O2. The van der Waals surface area contributed by atoms with Crippen molar-refractivity contribution in [1.29, 1.82) is 0 Å². The van der Waals surface area contributed by atoms with E-state index in [1.165, 1.54) is 12.1 Å². The quantitative estimate of drug-likeness (QED) is 0.711. The molecule has 1 aromatic rings. The molecule has 0 aliphatic rings. The number of para-hydroxylation sites is 1. The zero-order valence-corrected chi connectivity index (χ0v) is 9.13. The van der Waals surface area contributed by atoms with Crippen LogP contribution in [0.25, 0.3) is 0 Å². The Balaban J connectivity index is 2.32. The van der Waals surface area contributed by atoms with Crippen LogP contribution in [0.4, 0.5) is 10.1 Å². The summed E-state index contributed by atoms with van der Waals surface area (Å²) in [5.41, 5.74) is 0.195. The highest BCUT2D eigenvalue weighted by Crippen LogP contribution is 2.11. The first-order chi connectivity index (χ1) is 7.74. The molecule has 2 N–H and O–H groups in total. The normalized spacial score (nSPS) is 10.1. The Morgan fingerprint density at radius 2 is 2.19 bits per heavy atom. The van der Waals surface area contributed by atoms with E-state index in [0.29, 0.717) is 13.2 Å². The molecule has 0 unspecified atom stereocenters. The van der Waals surface area contributed by atoms with Crippen LogP contribution in [0.3, 0.4) is 0 Å². The highest BCUT2D eigenvalue weighted by molar-refractivity contribution is 5.92. The molecule has 88 valence electrons. The van der Waals surface area contributed by atoms with Crippen LogP contribution in [0.2, 0.25) is 0 Å². The van der Waals surface area contributed by atoms with E-state index in [1.807, 2.05) is 0 Å². The van der Waals surface area contributed by atoms with Crippen molar-refractivity contribution in [2.24, 2.45) is 0 Å². The fraction of sp³-hybridized carbons (Fsp3) is 0.364. The highest BCUT2D eigenvalue weighted by Gasteiger charge is 2.04. The van der Waals surface area contributed by atoms with E-state index in [9.17, 15) is 9.18 Å². The zero-order chi connectivity index (χ0) is 11.8. The summed E-state index contributed by atoms with van der Waals surface area (Å²) in [6.45, 7) is 1.26. The minimum absolute atomic E-state index is 0.137. The van der Waals surface area contributed by atoms with E-state index in [0.717, 1.165) is 0 Å². The molecule has 16 heavy (non-hydrogen) atoms. The minimum Gasteiger partial charge on any atom is -0.383 e. The molecule has 0 aliphatic carbocycles. The lowest BCUT2D eigenvalue weighted by Gasteiger charge is -2.06. The number of benzene rings is 1. The monoisotopic (exact) mass is 226 g/mol. The maximum absolute atomic E-state index is 13.1. The summed E-state index contributed by atoms with van der Waals surface area (Å²) in [6, 6.07) is 6.05. The molecule has 0 heterocycles. The van der Waals surface area contributed by atoms with Gasteiger partial charge in [0, 0.05) is 13.7 Å². The molecule has 0 saturated heterocycles. The van der Waals surface area contributed by atoms with Crippen molar-refractivity contribution in [3.63, 3.8) is 0 Å². The van der Waals surface area contributed by atoms with Crippen LogP contribution in [0.5, 0.6) is 0 Å². The number of hydrogen-bond donors (Lipinski definition) is 2. The minimum atomic E-state index is -0.437. The van der Waals surface area contributed by atoms with E-state index in [-0.39, 0.29) is 18.1 Å². The van der Waals surface area contributed by atoms with Gasteiger partial charge < -0.3 is 15.4 Å². The van der Waals surface area contributed by atoms with Crippen LogP contribution in [-0.4, -0.2) is 32.7 Å². The predicted octanol–water partition coefficient (Wildman–Crippen LogP) is 1.00. The summed E-state index contributed by atoms with van der Waals surface area (Å²) in [5, 5.41) is 5.34. The molecule has 0 aliphatic heterocycles. The Morgan fingerprint density at radius 3 is 2.88 bits per heavy atom. The van der Waals surface area contributed by atoms with Crippen molar-refractivity contribution in [3.05, 3.63) is 30.1 Å². The lowest BCUT2D eigenvalue weighted by Crippen LogP contribution is -2.30. The number of hydrogen-bond acceptors (Lipinski definition) is 3. The lowest BCUT2D eigenvalue weighted by molar-refractivity contribution is -0.115. The van der Waals surface area contributed by atoms with Crippen LogP contribution in [0, 0.1) is 5.82 Å². The number of carbonyl (C=O) groups excluding carboxylic acids is 1. The van der Waals surface area contributed by atoms with Crippen molar-refractivity contribution in [2.75, 3.05) is 32.1 Å². The molecule has 1 rings (SSSR count). The number of halogens is 1. The maximum atomic E-state index is 13.1. The lowest BCUT2D eigenvalue weighted by atomic mass is 10.3. The van der Waals surface area contributed by atoms with Gasteiger partial charge in [0.05, 0.1) is 18.8 Å². The van der Waals surface area contributed by atoms with Crippen LogP contribution >= 0.6 is 0 Å². The van der Waals surface area contributed by atoms with Gasteiger partial charge in [0.25, 0.3) is 0 Å². The van der Waals surface area contributed by atoms with Gasteiger partial charge in [0.1, 0.15) is 5.82 Å². The van der Waals surface area contributed by atoms with Crippen molar-refractivity contribution < 1.29 is 13.9 Å². The second kappa shape index (κ2) is 6.92. The Hall–Kier alpha value is -1.46. The number of amides is 1. The fourth-order valence-electron chi connectivity index (χ4n) is 1.13. The molecule has 1 amide bonds. The van der Waals surface area contributed by atoms with Gasteiger partial charge in [-0.2, -0.15) is 0 Å². The van der Waals surface area contributed by atoms with Crippen molar-refractivity contribution in [1.82, 2.24) is 5.32 Å². The van der Waals surface area contributed by atoms with Crippen LogP contribution in [0.15, 0.2) is 24.3 Å². The van der Waals surface area contributed by atoms with Gasteiger partial charge in [0.15, 0.2) is 0 Å². The molecule has 0 radical (unpaired) electrons. The molecule has 5 heteroatoms. The molecular weight excluding hydrogens is 211 g/mol. The molecule has 1 aromatic carbocycles. The first-order valence-electron chi connectivity index (χ1n) is 4.98. The number of methoxy groups -OCH3 is 1. The predicted molar refractivity (Wildman–Crippen MR) is 59.8 cm³/mol. The average Bonchev–Trinajstić information content (AvgIpc) is 2.28. The number of rotatable bonds is 6. The van der Waals surface area contributed by atoms with Gasteiger partial charge in [-0.05, 0) is 12.1 Å². The Kier molecular flexibility index (Phi) is 5.45. The summed E-state index contributed by atoms with van der Waals surface area (Å²) < 4.78 is 17.9. The molecule has 0 atom stereocenters. The molecule has 0 aromatic heterocycles. The summed E-state index contributed by atoms with van der Waals surface area (Å²) in [7, 11) is 1.58. The topological polar surface area (TPSA) is 50.4 Å². The molecule has 0 fully saturated rings. The highest BCUT2D eigenvalue weighted by atomic mass is 19.1. The molecule has 0 spiro atoms. The Bertz CT molecular complexity index is 345. The van der Waals surface area contributed by atoms with Gasteiger partial charge in [-0.1, -0.05) is 12.1 Å². The third-order valence-electron chi connectivity index (χ3n) is 1.92. The second-order valence-corrected chi connectivity index (χ2v) is 3.20. The van der Waals surface area contributed by atoms with Gasteiger partial charge in [-0.15, -0.1) is 0 Å². The third-order valence-corrected chi connectivity index (χ3v) is 1.92. The smallest absolute Gasteiger partial charge is 0.238 e. The van der Waals surface area contributed by atoms with Crippen LogP contribution < -0.4 is 10.6 Å². The van der Waals surface area contributed by atoms with E-state index in [1.54, 1.807) is 19.2 Å². The van der Waals surface area contributed by atoms with Gasteiger partial charge in [-0.3, -0.25) is 4.79 Å². The first-order valence-corrected chi connectivity index (χ1v) is 4.98. The van der Waals surface area contributed by atoms with E-state index >= 15 is 0 Å². The second-order valence-electron chi connectivity index (χ2n) is 3.20. The summed E-state index contributed by atoms with van der Waals surface area (Å²) in [6.07, 6.45) is 0. The Labute approximate surface area is 93.8 Å². The third kappa shape index (κ3) is 4.37. The van der Waals surface area contributed by atoms with Crippen LogP contribution in [-0.2, 0) is 9.53 Å². The standard InChI is InChI=1S/C11H15FN2O2/c1-16-7-6-13-8-11(15)14-10-5-3-2-4-9(10)12/h2-5,13H,6-8H2,1H3,(H,14,15). The molecule has 0 bridgehead atoms. The largest absolute Gasteiger partial charge is 0.383 e. The number of ether oxygens (including phenoxy) is 1. The maximum Gasteiger partial charge on any atom is 0.238 e. The zero-order valence-electron chi connectivity index (χ0n) is 9.13. The number of carbonyl (C=O) groups is 1. The van der Waals surface area contributed by atoms with Crippen LogP contribution in [0.1, 0.15) is 0 Å². The van der Waals surface area contributed by atoms with E-state index < -0.39 is 5.82 Å². The van der Waals surface area contributed by atoms with Crippen molar-refractivity contribution in [3.8, 4) is 0 Å². The van der Waals surface area contributed by atoms with Gasteiger partial charge >= 0.3 is 0 Å². The summed E-state index contributed by atoms with van der Waals surface area (Å²) in [4.78, 5) is 11.3. The first kappa shape index (κ1) is 12.6. The fourth-order valence-corrected chi connectivity index (χ4v) is 1.13. The number of nitrogens with one attached hydrogen (secondary N) is 2. The summed E-state index contributed by atoms with van der Waals surface area (Å²) >= 11 is 0. The van der Waals surface area contributed by atoms with Crippen molar-refractivity contribution in [2.45, 2.75) is 0 Å². The van der Waals surface area contributed by atoms with E-state index in [2.05, 4.69) is 10.6 Å². The average molecular weight is 226 g/mol. The van der Waals surface area contributed by atoms with Gasteiger partial charge in [-0.25, -0.2) is 4.39 Å². The van der Waals surface area contributed by atoms with Gasteiger partial charge in [0.2, 0.25) is 5.91 Å². The number of anilines is 1. The molecule has 4 nitrogen and oxygen atoms in total. The van der Waals surface area contributed by atoms with Crippen molar-refractivity contribution >= 4 is 11.6 Å². The summed E-state index contributed by atoms with van der Waals surface area (Å²) in [5.74, 6) is -0.714. The SMILES string of the molecule is COCCNCC(=O)Nc1ccccc1F. The molecule has 0 saturated carbocycles.